The summed E-state index contributed by atoms with van der Waals surface area (Å²) in [4.78, 5) is 27.0. The molecule has 1 aliphatic rings. The zero-order chi connectivity index (χ0) is 23.5. The number of carbonyl (C=O) groups is 2. The van der Waals surface area contributed by atoms with E-state index in [0.717, 1.165) is 47.1 Å². The van der Waals surface area contributed by atoms with Crippen LogP contribution < -0.4 is 10.2 Å². The van der Waals surface area contributed by atoms with Gasteiger partial charge in [-0.3, -0.25) is 4.79 Å². The minimum absolute atomic E-state index is 0.140. The number of hydrogen-bond donors (Lipinski definition) is 1. The molecule has 0 aromatic heterocycles. The normalized spacial score (nSPS) is 14.0. The minimum Gasteiger partial charge on any atom is -0.465 e. The van der Waals surface area contributed by atoms with Crippen LogP contribution in [0, 0.1) is 13.8 Å². The summed E-state index contributed by atoms with van der Waals surface area (Å²) in [5.41, 5.74) is 3.41. The third-order valence-electron chi connectivity index (χ3n) is 5.69. The molecule has 1 amide bonds. The molecule has 1 aliphatic heterocycles. The molecule has 1 saturated heterocycles. The summed E-state index contributed by atoms with van der Waals surface area (Å²) in [5, 5.41) is 2.79. The predicted octanol–water partition coefficient (Wildman–Crippen LogP) is 2.95. The summed E-state index contributed by atoms with van der Waals surface area (Å²) in [6.07, 6.45) is 2.09. The van der Waals surface area contributed by atoms with Crippen molar-refractivity contribution in [3.8, 4) is 0 Å². The maximum absolute atomic E-state index is 12.9. The van der Waals surface area contributed by atoms with Crippen LogP contribution in [0.3, 0.4) is 0 Å². The molecule has 3 rings (SSSR count). The lowest BCUT2D eigenvalue weighted by Crippen LogP contribution is -2.35. The summed E-state index contributed by atoms with van der Waals surface area (Å²) in [6, 6.07) is 9.89. The molecule has 1 fully saturated rings. The Kier molecular flexibility index (Phi) is 7.20. The number of amides is 1. The van der Waals surface area contributed by atoms with Gasteiger partial charge in [0.25, 0.3) is 0 Å². The first-order chi connectivity index (χ1) is 15.1. The van der Waals surface area contributed by atoms with Crippen LogP contribution in [0.25, 0.3) is 0 Å². The van der Waals surface area contributed by atoms with Crippen LogP contribution in [0.2, 0.25) is 0 Å². The van der Waals surface area contributed by atoms with E-state index < -0.39 is 21.9 Å². The largest absolute Gasteiger partial charge is 0.465 e. The molecule has 9 heteroatoms. The van der Waals surface area contributed by atoms with Crippen molar-refractivity contribution in [3.05, 3.63) is 53.1 Å². The van der Waals surface area contributed by atoms with Gasteiger partial charge >= 0.3 is 5.97 Å². The fraction of sp³-hybridized carbons (Fsp3) is 0.391. The molecule has 0 bridgehead atoms. The van der Waals surface area contributed by atoms with E-state index in [-0.39, 0.29) is 11.4 Å². The summed E-state index contributed by atoms with van der Waals surface area (Å²) in [5.74, 6) is -1.01. The molecule has 0 spiro atoms. The van der Waals surface area contributed by atoms with Gasteiger partial charge in [-0.1, -0.05) is 6.07 Å². The number of rotatable bonds is 7. The Morgan fingerprint density at radius 1 is 1.06 bits per heavy atom. The molecular formula is C23H29N3O5S. The maximum Gasteiger partial charge on any atom is 0.337 e. The highest BCUT2D eigenvalue weighted by Crippen LogP contribution is 2.30. The Hall–Kier alpha value is -2.91. The number of sulfonamides is 1. The topological polar surface area (TPSA) is 96.0 Å². The van der Waals surface area contributed by atoms with Crippen LogP contribution in [-0.2, 0) is 19.6 Å². The van der Waals surface area contributed by atoms with Gasteiger partial charge in [0.05, 0.1) is 35.5 Å². The molecule has 32 heavy (non-hydrogen) atoms. The summed E-state index contributed by atoms with van der Waals surface area (Å²) in [7, 11) is -1.16. The monoisotopic (exact) mass is 459 g/mol. The highest BCUT2D eigenvalue weighted by Gasteiger charge is 2.25. The van der Waals surface area contributed by atoms with Crippen molar-refractivity contribution in [2.24, 2.45) is 0 Å². The van der Waals surface area contributed by atoms with E-state index >= 15 is 0 Å². The smallest absolute Gasteiger partial charge is 0.337 e. The maximum atomic E-state index is 12.9. The number of anilines is 2. The number of nitrogens with zero attached hydrogens (tertiary/aromatic N) is 2. The SMILES string of the molecule is COC(=O)c1ccc(N2CCCC2)c(NC(=O)CN(C)S(=O)(=O)c2ccc(C)c(C)c2)c1. The molecule has 1 heterocycles. The number of esters is 1. The second-order valence-electron chi connectivity index (χ2n) is 7.97. The second-order valence-corrected chi connectivity index (χ2v) is 10.0. The predicted molar refractivity (Wildman–Crippen MR) is 124 cm³/mol. The van der Waals surface area contributed by atoms with Gasteiger partial charge in [0, 0.05) is 20.1 Å². The van der Waals surface area contributed by atoms with E-state index in [1.54, 1.807) is 30.3 Å². The first-order valence-electron chi connectivity index (χ1n) is 10.4. The number of carbonyl (C=O) groups excluding carboxylic acids is 2. The van der Waals surface area contributed by atoms with Crippen molar-refractivity contribution in [3.63, 3.8) is 0 Å². The Balaban J connectivity index is 1.81. The minimum atomic E-state index is -3.83. The highest BCUT2D eigenvalue weighted by molar-refractivity contribution is 7.89. The zero-order valence-electron chi connectivity index (χ0n) is 18.8. The van der Waals surface area contributed by atoms with Gasteiger partial charge in [-0.15, -0.1) is 0 Å². The number of benzene rings is 2. The molecule has 0 atom stereocenters. The van der Waals surface area contributed by atoms with Crippen molar-refractivity contribution >= 4 is 33.3 Å². The first kappa shape index (κ1) is 23.7. The van der Waals surface area contributed by atoms with Crippen molar-refractivity contribution in [2.75, 3.05) is 44.0 Å². The molecule has 8 nitrogen and oxygen atoms in total. The van der Waals surface area contributed by atoms with Gasteiger partial charge in [-0.25, -0.2) is 13.2 Å². The van der Waals surface area contributed by atoms with E-state index in [4.69, 9.17) is 4.74 Å². The number of aryl methyl sites for hydroxylation is 2. The molecule has 2 aromatic carbocycles. The second kappa shape index (κ2) is 9.70. The van der Waals surface area contributed by atoms with Crippen LogP contribution in [0.1, 0.15) is 34.3 Å². The van der Waals surface area contributed by atoms with Gasteiger partial charge in [-0.05, 0) is 68.1 Å². The van der Waals surface area contributed by atoms with E-state index in [9.17, 15) is 18.0 Å². The Bertz CT molecular complexity index is 1120. The first-order valence-corrected chi connectivity index (χ1v) is 11.9. The van der Waals surface area contributed by atoms with Crippen LogP contribution in [0.5, 0.6) is 0 Å². The fourth-order valence-corrected chi connectivity index (χ4v) is 4.86. The Morgan fingerprint density at radius 2 is 1.75 bits per heavy atom. The Labute approximate surface area is 189 Å². The van der Waals surface area contributed by atoms with E-state index in [0.29, 0.717) is 11.3 Å². The van der Waals surface area contributed by atoms with Crippen molar-refractivity contribution in [2.45, 2.75) is 31.6 Å². The molecular weight excluding hydrogens is 430 g/mol. The lowest BCUT2D eigenvalue weighted by Gasteiger charge is -2.23. The zero-order valence-corrected chi connectivity index (χ0v) is 19.7. The summed E-state index contributed by atoms with van der Waals surface area (Å²) in [6.45, 7) is 5.08. The van der Waals surface area contributed by atoms with Gasteiger partial charge in [0.15, 0.2) is 0 Å². The van der Waals surface area contributed by atoms with Crippen LogP contribution in [0.4, 0.5) is 11.4 Å². The molecule has 0 aliphatic carbocycles. The number of nitrogens with one attached hydrogen (secondary N) is 1. The number of hydrogen-bond acceptors (Lipinski definition) is 6. The van der Waals surface area contributed by atoms with Crippen molar-refractivity contribution in [1.82, 2.24) is 4.31 Å². The van der Waals surface area contributed by atoms with Gasteiger partial charge in [0.1, 0.15) is 0 Å². The fourth-order valence-electron chi connectivity index (χ4n) is 3.65. The summed E-state index contributed by atoms with van der Waals surface area (Å²) < 4.78 is 31.6. The van der Waals surface area contributed by atoms with E-state index in [1.807, 2.05) is 13.8 Å². The average Bonchev–Trinajstić information content (AvgIpc) is 3.29. The third-order valence-corrected chi connectivity index (χ3v) is 7.49. The number of ether oxygens (including phenoxy) is 1. The van der Waals surface area contributed by atoms with Crippen molar-refractivity contribution in [1.29, 1.82) is 0 Å². The molecule has 0 radical (unpaired) electrons. The van der Waals surface area contributed by atoms with Crippen molar-refractivity contribution < 1.29 is 22.7 Å². The molecule has 172 valence electrons. The quantitative estimate of drug-likeness (QED) is 0.640. The van der Waals surface area contributed by atoms with E-state index in [2.05, 4.69) is 10.2 Å². The third kappa shape index (κ3) is 5.11. The standard InChI is InChI=1S/C23H29N3O5S/c1-16-7-9-19(13-17(16)2)32(29,30)25(3)15-22(27)24-20-14-18(23(28)31-4)8-10-21(20)26-11-5-6-12-26/h7-10,13-14H,5-6,11-12,15H2,1-4H3,(H,24,27). The molecule has 0 saturated carbocycles. The Morgan fingerprint density at radius 3 is 2.38 bits per heavy atom. The van der Waals surface area contributed by atoms with Gasteiger partial charge in [-0.2, -0.15) is 4.31 Å². The summed E-state index contributed by atoms with van der Waals surface area (Å²) >= 11 is 0. The van der Waals surface area contributed by atoms with Crippen LogP contribution in [0.15, 0.2) is 41.3 Å². The molecule has 2 aromatic rings. The lowest BCUT2D eigenvalue weighted by atomic mass is 10.1. The lowest BCUT2D eigenvalue weighted by molar-refractivity contribution is -0.116. The molecule has 1 N–H and O–H groups in total. The molecule has 0 unspecified atom stereocenters. The van der Waals surface area contributed by atoms with E-state index in [1.165, 1.54) is 20.2 Å². The average molecular weight is 460 g/mol. The number of likely N-dealkylation sites (N-methyl/N-ethyl adjacent to an activating group) is 1. The van der Waals surface area contributed by atoms with Gasteiger partial charge in [0.2, 0.25) is 15.9 Å². The van der Waals surface area contributed by atoms with Crippen LogP contribution >= 0.6 is 0 Å². The number of methoxy groups -OCH3 is 1. The van der Waals surface area contributed by atoms with Crippen LogP contribution in [-0.4, -0.2) is 58.4 Å². The van der Waals surface area contributed by atoms with Gasteiger partial charge < -0.3 is 15.0 Å². The highest BCUT2D eigenvalue weighted by atomic mass is 32.2.